The van der Waals surface area contributed by atoms with Crippen LogP contribution in [-0.2, 0) is 20.8 Å². The highest BCUT2D eigenvalue weighted by Gasteiger charge is 2.43. The first-order valence-corrected chi connectivity index (χ1v) is 10.7. The van der Waals surface area contributed by atoms with Crippen molar-refractivity contribution in [2.24, 2.45) is 17.8 Å². The summed E-state index contributed by atoms with van der Waals surface area (Å²) in [5, 5.41) is 0. The third kappa shape index (κ3) is 5.72. The van der Waals surface area contributed by atoms with Crippen molar-refractivity contribution in [3.05, 3.63) is 72.4 Å². The van der Waals surface area contributed by atoms with E-state index in [1.54, 1.807) is 6.08 Å². The predicted octanol–water partition coefficient (Wildman–Crippen LogP) is 5.21. The van der Waals surface area contributed by atoms with Crippen LogP contribution in [0, 0.1) is 17.8 Å². The highest BCUT2D eigenvalue weighted by atomic mass is 16.1. The fraction of sp³-hybridized carbons (Fsp3) is 0.423. The zero-order chi connectivity index (χ0) is 20.6. The lowest BCUT2D eigenvalue weighted by Crippen LogP contribution is -2.43. The Hall–Kier alpha value is -2.55. The monoisotopic (exact) mass is 390 g/mol. The van der Waals surface area contributed by atoms with Gasteiger partial charge in [-0.15, -0.1) is 6.58 Å². The molecule has 3 atom stereocenters. The topological polar surface area (TPSA) is 51.2 Å². The van der Waals surface area contributed by atoms with Gasteiger partial charge in [0.1, 0.15) is 17.3 Å². The molecule has 3 rings (SSSR count). The molecule has 1 aromatic carbocycles. The van der Waals surface area contributed by atoms with E-state index in [0.717, 1.165) is 18.4 Å². The third-order valence-corrected chi connectivity index (χ3v) is 6.14. The molecule has 3 nitrogen and oxygen atoms in total. The number of hydrogen-bond acceptors (Lipinski definition) is 3. The Kier molecular flexibility index (Phi) is 7.51. The highest BCUT2D eigenvalue weighted by molar-refractivity contribution is 6.00. The van der Waals surface area contributed by atoms with Gasteiger partial charge in [0.15, 0.2) is 0 Å². The van der Waals surface area contributed by atoms with E-state index >= 15 is 0 Å². The lowest BCUT2D eigenvalue weighted by Gasteiger charge is -2.34. The number of rotatable bonds is 10. The van der Waals surface area contributed by atoms with Gasteiger partial charge in [0.05, 0.1) is 0 Å². The molecule has 0 aliphatic heterocycles. The van der Waals surface area contributed by atoms with Gasteiger partial charge in [0.2, 0.25) is 0 Å². The van der Waals surface area contributed by atoms with Crippen LogP contribution in [0.25, 0.3) is 0 Å². The van der Waals surface area contributed by atoms with Gasteiger partial charge in [-0.05, 0) is 37.7 Å². The summed E-state index contributed by atoms with van der Waals surface area (Å²) in [5.41, 5.74) is 2.37. The molecule has 2 aliphatic carbocycles. The SMILES string of the molecule is C=CCCC(=O)CC1C(=O)C(Cc2ccccc2)CC(=O)C1CCC1=CC=CC1. The van der Waals surface area contributed by atoms with Crippen LogP contribution < -0.4 is 0 Å². The molecule has 152 valence electrons. The van der Waals surface area contributed by atoms with Crippen LogP contribution in [0.5, 0.6) is 0 Å². The van der Waals surface area contributed by atoms with Crippen LogP contribution >= 0.6 is 0 Å². The van der Waals surface area contributed by atoms with Gasteiger partial charge < -0.3 is 0 Å². The molecular weight excluding hydrogens is 360 g/mol. The molecule has 1 fully saturated rings. The third-order valence-electron chi connectivity index (χ3n) is 6.14. The lowest BCUT2D eigenvalue weighted by molar-refractivity contribution is -0.144. The fourth-order valence-corrected chi connectivity index (χ4v) is 4.52. The van der Waals surface area contributed by atoms with Crippen molar-refractivity contribution in [3.63, 3.8) is 0 Å². The van der Waals surface area contributed by atoms with Crippen LogP contribution in [0.4, 0.5) is 0 Å². The van der Waals surface area contributed by atoms with Gasteiger partial charge in [-0.25, -0.2) is 0 Å². The zero-order valence-corrected chi connectivity index (χ0v) is 17.0. The van der Waals surface area contributed by atoms with E-state index in [2.05, 4.69) is 18.7 Å². The lowest BCUT2D eigenvalue weighted by atomic mass is 9.67. The van der Waals surface area contributed by atoms with E-state index in [4.69, 9.17) is 0 Å². The van der Waals surface area contributed by atoms with Crippen molar-refractivity contribution < 1.29 is 14.4 Å². The van der Waals surface area contributed by atoms with Crippen LogP contribution in [0.15, 0.2) is 66.8 Å². The molecule has 1 aromatic rings. The molecule has 0 radical (unpaired) electrons. The summed E-state index contributed by atoms with van der Waals surface area (Å²) in [5.74, 6) is -0.808. The van der Waals surface area contributed by atoms with Crippen LogP contribution in [0.2, 0.25) is 0 Å². The Morgan fingerprint density at radius 3 is 2.62 bits per heavy atom. The molecule has 3 unspecified atom stereocenters. The number of Topliss-reactive ketones (excluding diaryl/α,β-unsaturated/α-hetero) is 3. The van der Waals surface area contributed by atoms with Crippen LogP contribution in [0.1, 0.15) is 50.5 Å². The molecule has 1 saturated carbocycles. The molecule has 0 bridgehead atoms. The van der Waals surface area contributed by atoms with Gasteiger partial charge in [0.25, 0.3) is 0 Å². The summed E-state index contributed by atoms with van der Waals surface area (Å²) >= 11 is 0. The molecular formula is C26H30O3. The van der Waals surface area contributed by atoms with Gasteiger partial charge in [-0.3, -0.25) is 14.4 Å². The Bertz CT molecular complexity index is 816. The molecule has 0 amide bonds. The second-order valence-corrected chi connectivity index (χ2v) is 8.24. The highest BCUT2D eigenvalue weighted by Crippen LogP contribution is 2.37. The van der Waals surface area contributed by atoms with Crippen molar-refractivity contribution in [2.75, 3.05) is 0 Å². The largest absolute Gasteiger partial charge is 0.300 e. The van der Waals surface area contributed by atoms with Crippen molar-refractivity contribution in [2.45, 2.75) is 51.4 Å². The summed E-state index contributed by atoms with van der Waals surface area (Å²) in [4.78, 5) is 38.8. The first-order valence-electron chi connectivity index (χ1n) is 10.7. The normalized spacial score (nSPS) is 23.9. The van der Waals surface area contributed by atoms with Gasteiger partial charge in [-0.2, -0.15) is 0 Å². The molecule has 0 aromatic heterocycles. The van der Waals surface area contributed by atoms with Crippen molar-refractivity contribution in [1.29, 1.82) is 0 Å². The summed E-state index contributed by atoms with van der Waals surface area (Å²) in [6.45, 7) is 3.67. The maximum absolute atomic E-state index is 13.3. The van der Waals surface area contributed by atoms with E-state index in [0.29, 0.717) is 32.1 Å². The molecule has 0 N–H and O–H groups in total. The zero-order valence-electron chi connectivity index (χ0n) is 17.0. The second-order valence-electron chi connectivity index (χ2n) is 8.24. The van der Waals surface area contributed by atoms with E-state index in [1.165, 1.54) is 5.57 Å². The van der Waals surface area contributed by atoms with Crippen LogP contribution in [0.3, 0.4) is 0 Å². The summed E-state index contributed by atoms with van der Waals surface area (Å²) in [6, 6.07) is 9.84. The Morgan fingerprint density at radius 2 is 1.93 bits per heavy atom. The van der Waals surface area contributed by atoms with E-state index in [1.807, 2.05) is 36.4 Å². The number of allylic oxidation sites excluding steroid dienone is 5. The quantitative estimate of drug-likeness (QED) is 0.515. The average molecular weight is 391 g/mol. The first-order chi connectivity index (χ1) is 14.1. The molecule has 29 heavy (non-hydrogen) atoms. The van der Waals surface area contributed by atoms with E-state index in [9.17, 15) is 14.4 Å². The molecule has 2 aliphatic rings. The average Bonchev–Trinajstić information content (AvgIpc) is 3.24. The number of carbonyl (C=O) groups is 3. The number of benzene rings is 1. The Balaban J connectivity index is 1.73. The molecule has 0 spiro atoms. The summed E-state index contributed by atoms with van der Waals surface area (Å²) in [7, 11) is 0. The van der Waals surface area contributed by atoms with Gasteiger partial charge in [0, 0.05) is 37.0 Å². The van der Waals surface area contributed by atoms with Crippen LogP contribution in [-0.4, -0.2) is 17.3 Å². The molecule has 0 heterocycles. The van der Waals surface area contributed by atoms with Gasteiger partial charge in [-0.1, -0.05) is 60.2 Å². The standard InChI is InChI=1S/C26H30O3/c1-2-3-13-22(27)18-24-23(15-14-19-9-7-8-10-19)25(28)17-21(26(24)29)16-20-11-5-4-6-12-20/h2,4-9,11-12,21,23-24H,1,3,10,13-18H2. The minimum Gasteiger partial charge on any atom is -0.300 e. The smallest absolute Gasteiger partial charge is 0.140 e. The first kappa shape index (κ1) is 21.2. The fourth-order valence-electron chi connectivity index (χ4n) is 4.52. The number of hydrogen-bond donors (Lipinski definition) is 0. The Labute approximate surface area is 173 Å². The summed E-state index contributed by atoms with van der Waals surface area (Å²) < 4.78 is 0. The van der Waals surface area contributed by atoms with Crippen molar-refractivity contribution >= 4 is 17.3 Å². The molecule has 3 heteroatoms. The molecule has 0 saturated heterocycles. The second kappa shape index (κ2) is 10.3. The Morgan fingerprint density at radius 1 is 1.14 bits per heavy atom. The number of carbonyl (C=O) groups excluding carboxylic acids is 3. The van der Waals surface area contributed by atoms with E-state index < -0.39 is 5.92 Å². The summed E-state index contributed by atoms with van der Waals surface area (Å²) in [6.07, 6.45) is 12.4. The maximum atomic E-state index is 13.3. The van der Waals surface area contributed by atoms with Crippen molar-refractivity contribution in [1.82, 2.24) is 0 Å². The minimum absolute atomic E-state index is 0.0585. The minimum atomic E-state index is -0.475. The number of ketones is 3. The maximum Gasteiger partial charge on any atom is 0.140 e. The predicted molar refractivity (Wildman–Crippen MR) is 115 cm³/mol. The van der Waals surface area contributed by atoms with E-state index in [-0.39, 0.29) is 35.6 Å². The van der Waals surface area contributed by atoms with Crippen molar-refractivity contribution in [3.8, 4) is 0 Å². The van der Waals surface area contributed by atoms with Gasteiger partial charge >= 0.3 is 0 Å².